The van der Waals surface area contributed by atoms with Gasteiger partial charge in [0, 0.05) is 42.0 Å². The summed E-state index contributed by atoms with van der Waals surface area (Å²) < 4.78 is 13.5. The molecule has 3 aromatic carbocycles. The van der Waals surface area contributed by atoms with Gasteiger partial charge in [-0.1, -0.05) is 30.3 Å². The lowest BCUT2D eigenvalue weighted by Gasteiger charge is -2.32. The first-order valence-electron chi connectivity index (χ1n) is 12.2. The van der Waals surface area contributed by atoms with E-state index in [4.69, 9.17) is 4.98 Å². The number of carbonyl (C=O) groups excluding carboxylic acids is 1. The van der Waals surface area contributed by atoms with E-state index >= 15 is 0 Å². The molecule has 5 nitrogen and oxygen atoms in total. The van der Waals surface area contributed by atoms with Crippen molar-refractivity contribution in [2.24, 2.45) is 0 Å². The zero-order valence-corrected chi connectivity index (χ0v) is 19.4. The lowest BCUT2D eigenvalue weighted by Crippen LogP contribution is -2.39. The van der Waals surface area contributed by atoms with E-state index in [1.54, 1.807) is 12.1 Å². The maximum atomic E-state index is 13.5. The Kier molecular flexibility index (Phi) is 5.57. The van der Waals surface area contributed by atoms with Crippen LogP contribution < -0.4 is 0 Å². The molecule has 2 N–H and O–H groups in total. The van der Waals surface area contributed by atoms with Crippen molar-refractivity contribution in [1.82, 2.24) is 19.9 Å². The number of fused-ring (bicyclic) bond motifs is 2. The van der Waals surface area contributed by atoms with Gasteiger partial charge in [0.15, 0.2) is 0 Å². The van der Waals surface area contributed by atoms with Crippen molar-refractivity contribution in [2.45, 2.75) is 31.6 Å². The number of aromatic amines is 2. The predicted molar refractivity (Wildman–Crippen MR) is 137 cm³/mol. The Morgan fingerprint density at radius 2 is 1.74 bits per heavy atom. The van der Waals surface area contributed by atoms with Gasteiger partial charge in [0.1, 0.15) is 11.6 Å². The Morgan fingerprint density at radius 1 is 0.971 bits per heavy atom. The molecule has 0 aliphatic carbocycles. The number of hydrogen-bond acceptors (Lipinski definition) is 2. The highest BCUT2D eigenvalue weighted by atomic mass is 19.1. The van der Waals surface area contributed by atoms with Crippen LogP contribution in [0.15, 0.2) is 72.8 Å². The standard InChI is InChI=1S/C29H27FN4O/c30-21-13-11-19(12-14-21)28-23(22-7-1-2-8-24(22)31-28)15-16-27(35)34-17-5-6-20(18-34)29-32-25-9-3-4-10-26(25)33-29/h1-4,7-14,20,31H,5-6,15-18H2,(H,32,33)/t20-/m1/s1. The summed E-state index contributed by atoms with van der Waals surface area (Å²) in [5.74, 6) is 1.11. The molecule has 2 aromatic heterocycles. The minimum atomic E-state index is -0.259. The number of H-pyrrole nitrogens is 2. The molecule has 1 amide bonds. The molecule has 35 heavy (non-hydrogen) atoms. The molecule has 0 unspecified atom stereocenters. The number of nitrogens with zero attached hydrogens (tertiary/aromatic N) is 2. The van der Waals surface area contributed by atoms with E-state index in [-0.39, 0.29) is 17.6 Å². The molecular formula is C29H27FN4O. The van der Waals surface area contributed by atoms with Gasteiger partial charge in [0.25, 0.3) is 0 Å². The second kappa shape index (κ2) is 9.02. The van der Waals surface area contributed by atoms with E-state index in [1.165, 1.54) is 12.1 Å². The van der Waals surface area contributed by atoms with Crippen LogP contribution in [0.25, 0.3) is 33.2 Å². The zero-order chi connectivity index (χ0) is 23.8. The fourth-order valence-corrected chi connectivity index (χ4v) is 5.31. The Morgan fingerprint density at radius 3 is 2.57 bits per heavy atom. The smallest absolute Gasteiger partial charge is 0.222 e. The van der Waals surface area contributed by atoms with Gasteiger partial charge < -0.3 is 14.9 Å². The number of piperidine rings is 1. The van der Waals surface area contributed by atoms with Gasteiger partial charge in [-0.3, -0.25) is 4.79 Å². The highest BCUT2D eigenvalue weighted by molar-refractivity contribution is 5.91. The first-order chi connectivity index (χ1) is 17.2. The van der Waals surface area contributed by atoms with Crippen molar-refractivity contribution in [2.75, 3.05) is 13.1 Å². The van der Waals surface area contributed by atoms with Gasteiger partial charge in [-0.05, 0) is 72.9 Å². The second-order valence-corrected chi connectivity index (χ2v) is 9.35. The van der Waals surface area contributed by atoms with Crippen LogP contribution in [-0.2, 0) is 11.2 Å². The fraction of sp³-hybridized carbons (Fsp3) is 0.241. The van der Waals surface area contributed by atoms with Crippen LogP contribution in [0.1, 0.15) is 36.6 Å². The van der Waals surface area contributed by atoms with Crippen LogP contribution in [0, 0.1) is 5.82 Å². The van der Waals surface area contributed by atoms with E-state index in [1.807, 2.05) is 47.4 Å². The summed E-state index contributed by atoms with van der Waals surface area (Å²) >= 11 is 0. The lowest BCUT2D eigenvalue weighted by atomic mass is 9.96. The first kappa shape index (κ1) is 21.6. The summed E-state index contributed by atoms with van der Waals surface area (Å²) in [6.45, 7) is 1.48. The topological polar surface area (TPSA) is 64.8 Å². The Balaban J connectivity index is 1.21. The summed E-state index contributed by atoms with van der Waals surface area (Å²) in [6, 6.07) is 22.7. The number of para-hydroxylation sites is 3. The molecule has 0 spiro atoms. The monoisotopic (exact) mass is 466 g/mol. The van der Waals surface area contributed by atoms with Crippen molar-refractivity contribution in [3.8, 4) is 11.3 Å². The van der Waals surface area contributed by atoms with Crippen LogP contribution in [-0.4, -0.2) is 38.8 Å². The van der Waals surface area contributed by atoms with Crippen LogP contribution in [0.2, 0.25) is 0 Å². The average molecular weight is 467 g/mol. The Labute approximate surface area is 203 Å². The molecule has 6 rings (SSSR count). The van der Waals surface area contributed by atoms with Gasteiger partial charge in [-0.25, -0.2) is 9.37 Å². The van der Waals surface area contributed by atoms with Crippen LogP contribution >= 0.6 is 0 Å². The molecule has 1 saturated heterocycles. The molecule has 1 aliphatic rings. The first-order valence-corrected chi connectivity index (χ1v) is 12.2. The van der Waals surface area contributed by atoms with Crippen LogP contribution in [0.5, 0.6) is 0 Å². The third-order valence-corrected chi connectivity index (χ3v) is 7.10. The summed E-state index contributed by atoms with van der Waals surface area (Å²) in [6.07, 6.45) is 3.06. The normalized spacial score (nSPS) is 16.3. The maximum absolute atomic E-state index is 13.5. The lowest BCUT2D eigenvalue weighted by molar-refractivity contribution is -0.132. The minimum Gasteiger partial charge on any atom is -0.354 e. The maximum Gasteiger partial charge on any atom is 0.222 e. The van der Waals surface area contributed by atoms with Crippen molar-refractivity contribution >= 4 is 27.8 Å². The SMILES string of the molecule is O=C(CCc1c(-c2ccc(F)cc2)[nH]c2ccccc12)N1CCC[C@@H](c2nc3ccccc3[nH]2)C1. The molecule has 5 aromatic rings. The van der Waals surface area contributed by atoms with Gasteiger partial charge in [-0.2, -0.15) is 0 Å². The molecule has 176 valence electrons. The zero-order valence-electron chi connectivity index (χ0n) is 19.4. The van der Waals surface area contributed by atoms with Gasteiger partial charge >= 0.3 is 0 Å². The van der Waals surface area contributed by atoms with Crippen molar-refractivity contribution in [3.63, 3.8) is 0 Å². The molecule has 6 heteroatoms. The van der Waals surface area contributed by atoms with Gasteiger partial charge in [0.2, 0.25) is 5.91 Å². The van der Waals surface area contributed by atoms with Crippen molar-refractivity contribution < 1.29 is 9.18 Å². The van der Waals surface area contributed by atoms with Crippen LogP contribution in [0.3, 0.4) is 0 Å². The quantitative estimate of drug-likeness (QED) is 0.324. The fourth-order valence-electron chi connectivity index (χ4n) is 5.31. The number of nitrogens with one attached hydrogen (secondary N) is 2. The molecular weight excluding hydrogens is 439 g/mol. The number of hydrogen-bond donors (Lipinski definition) is 2. The number of rotatable bonds is 5. The molecule has 1 fully saturated rings. The summed E-state index contributed by atoms with van der Waals surface area (Å²) in [5, 5.41) is 1.11. The highest BCUT2D eigenvalue weighted by Gasteiger charge is 2.27. The Bertz CT molecular complexity index is 1470. The second-order valence-electron chi connectivity index (χ2n) is 9.35. The van der Waals surface area contributed by atoms with E-state index in [0.717, 1.165) is 64.0 Å². The number of amides is 1. The van der Waals surface area contributed by atoms with Crippen molar-refractivity contribution in [1.29, 1.82) is 0 Å². The highest BCUT2D eigenvalue weighted by Crippen LogP contribution is 2.32. The number of aryl methyl sites for hydroxylation is 1. The Hall–Kier alpha value is -3.93. The molecule has 3 heterocycles. The molecule has 0 bridgehead atoms. The van der Waals surface area contributed by atoms with Gasteiger partial charge in [0.05, 0.1) is 11.0 Å². The van der Waals surface area contributed by atoms with E-state index in [9.17, 15) is 9.18 Å². The number of aromatic nitrogens is 3. The number of imidazole rings is 1. The summed E-state index contributed by atoms with van der Waals surface area (Å²) in [7, 11) is 0. The predicted octanol–water partition coefficient (Wildman–Crippen LogP) is 6.19. The van der Waals surface area contributed by atoms with Gasteiger partial charge in [-0.15, -0.1) is 0 Å². The average Bonchev–Trinajstić information content (AvgIpc) is 3.50. The van der Waals surface area contributed by atoms with Crippen molar-refractivity contribution in [3.05, 3.63) is 90.0 Å². The number of likely N-dealkylation sites (tertiary alicyclic amines) is 1. The van der Waals surface area contributed by atoms with E-state index < -0.39 is 0 Å². The molecule has 0 radical (unpaired) electrons. The number of halogens is 1. The summed E-state index contributed by atoms with van der Waals surface area (Å²) in [4.78, 5) is 27.0. The number of benzene rings is 3. The third kappa shape index (κ3) is 4.20. The van der Waals surface area contributed by atoms with E-state index in [0.29, 0.717) is 19.4 Å². The largest absolute Gasteiger partial charge is 0.354 e. The molecule has 1 atom stereocenters. The number of carbonyl (C=O) groups is 1. The van der Waals surface area contributed by atoms with E-state index in [2.05, 4.69) is 16.0 Å². The third-order valence-electron chi connectivity index (χ3n) is 7.10. The molecule has 1 aliphatic heterocycles. The summed E-state index contributed by atoms with van der Waals surface area (Å²) in [5.41, 5.74) is 6.02. The molecule has 0 saturated carbocycles. The minimum absolute atomic E-state index is 0.168. The van der Waals surface area contributed by atoms with Crippen LogP contribution in [0.4, 0.5) is 4.39 Å².